The van der Waals surface area contributed by atoms with Gasteiger partial charge in [0.05, 0.1) is 13.7 Å². The largest absolute Gasteiger partial charge is 0.481 e. The number of rotatable bonds is 4. The van der Waals surface area contributed by atoms with E-state index in [0.717, 1.165) is 0 Å². The van der Waals surface area contributed by atoms with Crippen molar-refractivity contribution in [2.45, 2.75) is 24.5 Å². The van der Waals surface area contributed by atoms with E-state index in [1.807, 2.05) is 0 Å². The van der Waals surface area contributed by atoms with Crippen molar-refractivity contribution in [1.82, 2.24) is 10.3 Å². The van der Waals surface area contributed by atoms with E-state index in [1.54, 1.807) is 0 Å². The van der Waals surface area contributed by atoms with Crippen molar-refractivity contribution in [1.29, 1.82) is 0 Å². The van der Waals surface area contributed by atoms with Gasteiger partial charge in [-0.1, -0.05) is 5.01 Å². The minimum Gasteiger partial charge on any atom is -0.481 e. The van der Waals surface area contributed by atoms with E-state index in [-0.39, 0.29) is 18.4 Å². The Bertz CT molecular complexity index is 468. The summed E-state index contributed by atoms with van der Waals surface area (Å²) in [5.41, 5.74) is 0. The maximum atomic E-state index is 10.9. The van der Waals surface area contributed by atoms with Crippen molar-refractivity contribution >= 4 is 5.96 Å². The lowest BCUT2D eigenvalue weighted by atomic mass is 10.1. The van der Waals surface area contributed by atoms with E-state index >= 15 is 0 Å². The summed E-state index contributed by atoms with van der Waals surface area (Å²) in [5, 5.41) is 41.9. The molecule has 2 rings (SSSR count). The number of hydrogen-bond donors (Lipinski definition) is 4. The Morgan fingerprint density at radius 2 is 2.33 bits per heavy atom. The predicted octanol–water partition coefficient (Wildman–Crippen LogP) is -2.63. The molecule has 4 atom stereocenters. The fourth-order valence-electron chi connectivity index (χ4n) is 1.98. The summed E-state index contributed by atoms with van der Waals surface area (Å²) in [6, 6.07) is 0. The molecule has 0 amide bonds. The fraction of sp³-hybridized carbons (Fsp3) is 0.700. The van der Waals surface area contributed by atoms with Gasteiger partial charge in [-0.15, -0.1) is 0 Å². The minimum absolute atomic E-state index is 0.0865. The average Bonchev–Trinajstić information content (AvgIpc) is 2.74. The van der Waals surface area contributed by atoms with Crippen LogP contribution in [0.3, 0.4) is 0 Å². The number of nitrogens with zero attached hydrogens (tertiary/aromatic N) is 3. The first-order valence-corrected chi connectivity index (χ1v) is 6.11. The second-order valence-electron chi connectivity index (χ2n) is 4.41. The van der Waals surface area contributed by atoms with E-state index in [1.165, 1.54) is 13.2 Å². The van der Waals surface area contributed by atoms with Crippen LogP contribution >= 0.6 is 0 Å². The molecule has 0 aromatic heterocycles. The third-order valence-corrected chi connectivity index (χ3v) is 3.12. The van der Waals surface area contributed by atoms with Gasteiger partial charge in [0.15, 0.2) is 11.3 Å². The number of hydrogen-bond acceptors (Lipinski definition) is 9. The van der Waals surface area contributed by atoms with Gasteiger partial charge in [0.1, 0.15) is 24.9 Å². The van der Waals surface area contributed by atoms with Gasteiger partial charge in [0.2, 0.25) is 5.88 Å². The number of aliphatic hydroxyl groups excluding tert-OH is 3. The molecular formula is C10H16N4O7. The minimum atomic E-state index is -1.37. The van der Waals surface area contributed by atoms with Crippen LogP contribution in [-0.4, -0.2) is 76.1 Å². The first-order valence-electron chi connectivity index (χ1n) is 6.11. The quantitative estimate of drug-likeness (QED) is 0.323. The first kappa shape index (κ1) is 15.4. The number of hydrazine groups is 1. The molecule has 1 fully saturated rings. The molecule has 118 valence electrons. The molecule has 21 heavy (non-hydrogen) atoms. The number of aliphatic imine (C=N–C) groups is 1. The van der Waals surface area contributed by atoms with Gasteiger partial charge in [-0.05, 0) is 0 Å². The highest BCUT2D eigenvalue weighted by molar-refractivity contribution is 5.81. The topological polar surface area (TPSA) is 150 Å². The van der Waals surface area contributed by atoms with Crippen LogP contribution in [0.25, 0.3) is 0 Å². The maximum Gasteiger partial charge on any atom is 0.267 e. The molecule has 0 radical (unpaired) electrons. The van der Waals surface area contributed by atoms with Crippen LogP contribution in [0, 0.1) is 10.1 Å². The Kier molecular flexibility index (Phi) is 4.57. The standard InChI is InChI=1S/C10H16N4O7/c1-20-6-2-3-13(14(18)19)10(11-6)12-9-8(17)7(16)5(4-15)21-9/h2,5,7-9,15-17H,3-4H2,1H3,(H,11,12)/t5-,7-,8-,9-/m1/s1. The molecular weight excluding hydrogens is 288 g/mol. The molecule has 11 heteroatoms. The van der Waals surface area contributed by atoms with Gasteiger partial charge >= 0.3 is 0 Å². The Labute approximate surface area is 119 Å². The highest BCUT2D eigenvalue weighted by atomic mass is 16.7. The summed E-state index contributed by atoms with van der Waals surface area (Å²) < 4.78 is 10.1. The normalized spacial score (nSPS) is 32.5. The molecule has 4 N–H and O–H groups in total. The Balaban J connectivity index is 2.14. The number of methoxy groups -OCH3 is 1. The summed E-state index contributed by atoms with van der Waals surface area (Å²) in [7, 11) is 1.36. The van der Waals surface area contributed by atoms with Crippen LogP contribution < -0.4 is 5.32 Å². The molecule has 0 aliphatic carbocycles. The molecule has 0 saturated carbocycles. The third-order valence-electron chi connectivity index (χ3n) is 3.12. The Hall–Kier alpha value is -1.95. The van der Waals surface area contributed by atoms with Crippen molar-refractivity contribution in [3.05, 3.63) is 22.1 Å². The molecule has 0 aromatic carbocycles. The molecule has 2 heterocycles. The van der Waals surface area contributed by atoms with Crippen LogP contribution in [0.15, 0.2) is 17.0 Å². The first-order chi connectivity index (χ1) is 9.97. The van der Waals surface area contributed by atoms with E-state index in [9.17, 15) is 20.3 Å². The van der Waals surface area contributed by atoms with Crippen molar-refractivity contribution < 1.29 is 29.8 Å². The average molecular weight is 304 g/mol. The van der Waals surface area contributed by atoms with Gasteiger partial charge < -0.3 is 30.1 Å². The summed E-state index contributed by atoms with van der Waals surface area (Å²) in [6.45, 7) is -0.581. The van der Waals surface area contributed by atoms with Crippen molar-refractivity contribution in [2.75, 3.05) is 20.3 Å². The monoisotopic (exact) mass is 304 g/mol. The van der Waals surface area contributed by atoms with E-state index in [2.05, 4.69) is 10.3 Å². The zero-order valence-corrected chi connectivity index (χ0v) is 11.1. The lowest BCUT2D eigenvalue weighted by molar-refractivity contribution is -0.628. The molecule has 0 bridgehead atoms. The molecule has 0 aromatic rings. The third kappa shape index (κ3) is 3.05. The maximum absolute atomic E-state index is 10.9. The SMILES string of the molecule is COC1=CCN([N+](=O)[O-])C(N[C@@H]2O[C@H](CO)[C@@H](O)[C@H]2O)=N1. The number of nitro groups is 1. The molecule has 0 unspecified atom stereocenters. The van der Waals surface area contributed by atoms with Crippen LogP contribution in [0.4, 0.5) is 0 Å². The van der Waals surface area contributed by atoms with E-state index in [4.69, 9.17) is 14.6 Å². The van der Waals surface area contributed by atoms with E-state index < -0.39 is 36.2 Å². The molecule has 2 aliphatic rings. The van der Waals surface area contributed by atoms with Gasteiger partial charge in [-0.25, -0.2) is 10.1 Å². The van der Waals surface area contributed by atoms with Crippen LogP contribution in [0.1, 0.15) is 0 Å². The second kappa shape index (κ2) is 6.22. The second-order valence-corrected chi connectivity index (χ2v) is 4.41. The molecule has 2 aliphatic heterocycles. The van der Waals surface area contributed by atoms with Gasteiger partial charge in [-0.2, -0.15) is 4.99 Å². The Morgan fingerprint density at radius 3 is 2.86 bits per heavy atom. The zero-order valence-electron chi connectivity index (χ0n) is 11.1. The van der Waals surface area contributed by atoms with Crippen LogP contribution in [-0.2, 0) is 9.47 Å². The smallest absolute Gasteiger partial charge is 0.267 e. The summed E-state index contributed by atoms with van der Waals surface area (Å²) >= 11 is 0. The summed E-state index contributed by atoms with van der Waals surface area (Å²) in [5.74, 6) is -0.0310. The van der Waals surface area contributed by atoms with Gasteiger partial charge in [0.25, 0.3) is 5.96 Å². The molecule has 0 spiro atoms. The van der Waals surface area contributed by atoms with Gasteiger partial charge in [-0.3, -0.25) is 0 Å². The molecule has 11 nitrogen and oxygen atoms in total. The van der Waals surface area contributed by atoms with Crippen LogP contribution in [0.2, 0.25) is 0 Å². The van der Waals surface area contributed by atoms with Crippen molar-refractivity contribution in [2.24, 2.45) is 4.99 Å². The lowest BCUT2D eigenvalue weighted by Crippen LogP contribution is -2.53. The van der Waals surface area contributed by atoms with Gasteiger partial charge in [0, 0.05) is 6.08 Å². The lowest BCUT2D eigenvalue weighted by Gasteiger charge is -2.23. The van der Waals surface area contributed by atoms with E-state index in [0.29, 0.717) is 5.01 Å². The zero-order chi connectivity index (χ0) is 15.6. The number of guanidine groups is 1. The highest BCUT2D eigenvalue weighted by Crippen LogP contribution is 2.20. The predicted molar refractivity (Wildman–Crippen MR) is 67.1 cm³/mol. The molecule has 1 saturated heterocycles. The number of ether oxygens (including phenoxy) is 2. The fourth-order valence-corrected chi connectivity index (χ4v) is 1.98. The number of nitrogens with one attached hydrogen (secondary N) is 1. The van der Waals surface area contributed by atoms with Crippen molar-refractivity contribution in [3.8, 4) is 0 Å². The summed E-state index contributed by atoms with van der Waals surface area (Å²) in [4.78, 5) is 14.8. The Morgan fingerprint density at radius 1 is 1.62 bits per heavy atom. The van der Waals surface area contributed by atoms with Crippen LogP contribution in [0.5, 0.6) is 0 Å². The summed E-state index contributed by atoms with van der Waals surface area (Å²) in [6.07, 6.45) is -3.39. The number of aliphatic hydroxyl groups is 3. The highest BCUT2D eigenvalue weighted by Gasteiger charge is 2.44. The van der Waals surface area contributed by atoms with Crippen molar-refractivity contribution in [3.63, 3.8) is 0 Å².